The van der Waals surface area contributed by atoms with Crippen molar-refractivity contribution in [1.29, 1.82) is 0 Å². The lowest BCUT2D eigenvalue weighted by Crippen LogP contribution is -2.72. The van der Waals surface area contributed by atoms with Crippen molar-refractivity contribution < 1.29 is 38.9 Å². The zero-order valence-corrected chi connectivity index (χ0v) is 13.0. The minimum Gasteiger partial charge on any atom is -0.467 e. The van der Waals surface area contributed by atoms with Crippen LogP contribution in [0.5, 0.6) is 0 Å². The van der Waals surface area contributed by atoms with Crippen LogP contribution >= 0.6 is 0 Å². The Hall–Kier alpha value is -2.32. The molecule has 0 aromatic carbocycles. The smallest absolute Gasteiger partial charge is 0.346 e. The second kappa shape index (κ2) is 5.09. The molecule has 8 nitrogen and oxygen atoms in total. The van der Waals surface area contributed by atoms with Crippen LogP contribution in [0.1, 0.15) is 0 Å². The van der Waals surface area contributed by atoms with Gasteiger partial charge in [0.05, 0.1) is 14.2 Å². The minimum absolute atomic E-state index is 0.723. The van der Waals surface area contributed by atoms with Crippen molar-refractivity contribution in [1.82, 2.24) is 0 Å². The van der Waals surface area contributed by atoms with E-state index in [9.17, 15) is 29.4 Å². The SMILES string of the molecule is COC(=O)C1(O)C(=O)C2C=CC1C1C2C=CC(=O)[C@]1(O)C(=O)OC. The fourth-order valence-electron chi connectivity index (χ4n) is 4.08. The molecular formula is C16H16O8. The summed E-state index contributed by atoms with van der Waals surface area (Å²) in [5.74, 6) is -8.31. The van der Waals surface area contributed by atoms with Gasteiger partial charge in [0.15, 0.2) is 11.6 Å². The fourth-order valence-corrected chi connectivity index (χ4v) is 4.08. The number of allylic oxidation sites excluding steroid dienone is 2. The van der Waals surface area contributed by atoms with Crippen LogP contribution < -0.4 is 0 Å². The Morgan fingerprint density at radius 3 is 2.17 bits per heavy atom. The third-order valence-electron chi connectivity index (χ3n) is 5.22. The number of carbonyl (C=O) groups is 4. The Bertz CT molecular complexity index is 707. The van der Waals surface area contributed by atoms with E-state index in [0.29, 0.717) is 0 Å². The van der Waals surface area contributed by atoms with Crippen LogP contribution in [0.15, 0.2) is 24.3 Å². The van der Waals surface area contributed by atoms with Gasteiger partial charge in [-0.15, -0.1) is 0 Å². The van der Waals surface area contributed by atoms with Crippen LogP contribution in [-0.4, -0.2) is 59.1 Å². The molecular weight excluding hydrogens is 320 g/mol. The van der Waals surface area contributed by atoms with Gasteiger partial charge in [-0.1, -0.05) is 18.2 Å². The molecule has 0 heterocycles. The second-order valence-electron chi connectivity index (χ2n) is 6.14. The van der Waals surface area contributed by atoms with E-state index >= 15 is 0 Å². The lowest BCUT2D eigenvalue weighted by atomic mass is 9.49. The lowest BCUT2D eigenvalue weighted by Gasteiger charge is -2.54. The maximum absolute atomic E-state index is 12.6. The van der Waals surface area contributed by atoms with Gasteiger partial charge in [-0.3, -0.25) is 9.59 Å². The molecule has 0 amide bonds. The Morgan fingerprint density at radius 2 is 1.58 bits per heavy atom. The minimum atomic E-state index is -2.59. The Balaban J connectivity index is 2.21. The van der Waals surface area contributed by atoms with Crippen LogP contribution in [0.25, 0.3) is 0 Å². The molecule has 0 spiro atoms. The molecule has 4 aliphatic rings. The number of hydrogen-bond acceptors (Lipinski definition) is 8. The summed E-state index contributed by atoms with van der Waals surface area (Å²) in [7, 11) is 2.02. The summed E-state index contributed by atoms with van der Waals surface area (Å²) in [5, 5.41) is 21.6. The number of ketones is 2. The van der Waals surface area contributed by atoms with E-state index in [2.05, 4.69) is 9.47 Å². The first-order chi connectivity index (χ1) is 11.2. The van der Waals surface area contributed by atoms with E-state index < -0.39 is 58.4 Å². The highest BCUT2D eigenvalue weighted by Crippen LogP contribution is 2.54. The molecule has 8 heteroatoms. The van der Waals surface area contributed by atoms with Crippen molar-refractivity contribution in [3.63, 3.8) is 0 Å². The number of Topliss-reactive ketones (excluding diaryl/α,β-unsaturated/α-hetero) is 1. The molecule has 0 saturated heterocycles. The number of hydrogen-bond donors (Lipinski definition) is 2. The fraction of sp³-hybridized carbons (Fsp3) is 0.500. The molecule has 2 N–H and O–H groups in total. The van der Waals surface area contributed by atoms with Gasteiger partial charge in [-0.05, 0) is 12.0 Å². The Kier molecular flexibility index (Phi) is 3.50. The maximum Gasteiger partial charge on any atom is 0.346 e. The second-order valence-corrected chi connectivity index (χ2v) is 6.14. The van der Waals surface area contributed by atoms with Gasteiger partial charge in [-0.25, -0.2) is 9.59 Å². The molecule has 0 aromatic heterocycles. The summed E-state index contributed by atoms with van der Waals surface area (Å²) >= 11 is 0. The molecule has 0 aromatic rings. The van der Waals surface area contributed by atoms with E-state index in [1.807, 2.05) is 0 Å². The highest BCUT2D eigenvalue weighted by Gasteiger charge is 2.71. The summed E-state index contributed by atoms with van der Waals surface area (Å²) < 4.78 is 9.08. The van der Waals surface area contributed by atoms with E-state index in [1.54, 1.807) is 0 Å². The molecule has 2 bridgehead atoms. The van der Waals surface area contributed by atoms with Crippen LogP contribution in [0.4, 0.5) is 0 Å². The van der Waals surface area contributed by atoms with Crippen molar-refractivity contribution in [3.8, 4) is 0 Å². The van der Waals surface area contributed by atoms with Gasteiger partial charge in [0.2, 0.25) is 11.2 Å². The van der Waals surface area contributed by atoms with Gasteiger partial charge in [0.1, 0.15) is 0 Å². The van der Waals surface area contributed by atoms with Crippen LogP contribution in [0.2, 0.25) is 0 Å². The molecule has 1 fully saturated rings. The van der Waals surface area contributed by atoms with Crippen molar-refractivity contribution in [3.05, 3.63) is 24.3 Å². The monoisotopic (exact) mass is 336 g/mol. The van der Waals surface area contributed by atoms with Crippen LogP contribution in [0, 0.1) is 23.7 Å². The number of methoxy groups -OCH3 is 2. The number of rotatable bonds is 2. The predicted molar refractivity (Wildman–Crippen MR) is 76.2 cm³/mol. The van der Waals surface area contributed by atoms with Gasteiger partial charge in [0.25, 0.3) is 0 Å². The van der Waals surface area contributed by atoms with Gasteiger partial charge in [-0.2, -0.15) is 0 Å². The number of fused-ring (bicyclic) bond motifs is 1. The quantitative estimate of drug-likeness (QED) is 0.356. The molecule has 0 radical (unpaired) electrons. The highest BCUT2D eigenvalue weighted by molar-refractivity contribution is 6.16. The Labute approximate surface area is 136 Å². The van der Waals surface area contributed by atoms with Crippen molar-refractivity contribution >= 4 is 23.5 Å². The molecule has 24 heavy (non-hydrogen) atoms. The average molecular weight is 336 g/mol. The summed E-state index contributed by atoms with van der Waals surface area (Å²) in [4.78, 5) is 49.0. The first-order valence-electron chi connectivity index (χ1n) is 7.31. The first-order valence-corrected chi connectivity index (χ1v) is 7.31. The molecule has 5 unspecified atom stereocenters. The standard InChI is InChI=1S/C16H16O8/c1-23-13(19)15(21)9-5-3-8(12(15)18)7-4-6-10(17)16(22,11(7)9)14(20)24-2/h3-9,11,21-22H,1-2H3/t7?,8?,9?,11?,15?,16-/m1/s1. The maximum atomic E-state index is 12.6. The molecule has 0 aliphatic heterocycles. The van der Waals surface area contributed by atoms with Gasteiger partial charge < -0.3 is 19.7 Å². The third-order valence-corrected chi connectivity index (χ3v) is 5.22. The molecule has 4 aliphatic carbocycles. The normalized spacial score (nSPS) is 42.7. The largest absolute Gasteiger partial charge is 0.467 e. The lowest BCUT2D eigenvalue weighted by molar-refractivity contribution is -0.203. The summed E-state index contributed by atoms with van der Waals surface area (Å²) in [6.45, 7) is 0. The number of ether oxygens (including phenoxy) is 2. The first kappa shape index (κ1) is 16.5. The topological polar surface area (TPSA) is 127 Å². The zero-order chi connectivity index (χ0) is 17.9. The van der Waals surface area contributed by atoms with E-state index in [0.717, 1.165) is 20.3 Å². The third kappa shape index (κ3) is 1.69. The Morgan fingerprint density at radius 1 is 1.00 bits per heavy atom. The molecule has 6 atom stereocenters. The average Bonchev–Trinajstić information content (AvgIpc) is 2.60. The zero-order valence-electron chi connectivity index (χ0n) is 13.0. The summed E-state index contributed by atoms with van der Waals surface area (Å²) in [6, 6.07) is 0. The number of carbonyl (C=O) groups excluding carboxylic acids is 4. The number of aliphatic hydroxyl groups is 2. The van der Waals surface area contributed by atoms with Gasteiger partial charge >= 0.3 is 11.9 Å². The van der Waals surface area contributed by atoms with E-state index in [-0.39, 0.29) is 0 Å². The summed E-state index contributed by atoms with van der Waals surface area (Å²) in [5.41, 5.74) is -5.16. The van der Waals surface area contributed by atoms with E-state index in [1.165, 1.54) is 18.2 Å². The van der Waals surface area contributed by atoms with Crippen LogP contribution in [-0.2, 0) is 28.7 Å². The van der Waals surface area contributed by atoms with E-state index in [4.69, 9.17) is 0 Å². The molecule has 1 saturated carbocycles. The molecule has 4 rings (SSSR count). The molecule has 128 valence electrons. The van der Waals surface area contributed by atoms with Crippen LogP contribution in [0.3, 0.4) is 0 Å². The predicted octanol–water partition coefficient (Wildman–Crippen LogP) is -1.45. The van der Waals surface area contributed by atoms with Crippen molar-refractivity contribution in [2.45, 2.75) is 11.2 Å². The summed E-state index contributed by atoms with van der Waals surface area (Å²) in [6.07, 6.45) is 5.31. The van der Waals surface area contributed by atoms with Crippen molar-refractivity contribution in [2.24, 2.45) is 23.7 Å². The highest BCUT2D eigenvalue weighted by atomic mass is 16.5. The van der Waals surface area contributed by atoms with Crippen molar-refractivity contribution in [2.75, 3.05) is 14.2 Å². The number of esters is 2. The van der Waals surface area contributed by atoms with Gasteiger partial charge in [0, 0.05) is 17.8 Å².